The van der Waals surface area contributed by atoms with Crippen LogP contribution in [-0.2, 0) is 9.53 Å². The number of methoxy groups -OCH3 is 1. The van der Waals surface area contributed by atoms with E-state index >= 15 is 0 Å². The summed E-state index contributed by atoms with van der Waals surface area (Å²) in [5, 5.41) is 11.0. The number of carbonyl (C=O) groups is 2. The van der Waals surface area contributed by atoms with Gasteiger partial charge in [0.05, 0.1) is 24.9 Å². The molecule has 10 heteroatoms. The van der Waals surface area contributed by atoms with Gasteiger partial charge in [0, 0.05) is 42.7 Å². The van der Waals surface area contributed by atoms with Crippen molar-refractivity contribution < 1.29 is 14.3 Å². The maximum Gasteiger partial charge on any atom is 0.327 e. The van der Waals surface area contributed by atoms with Crippen LogP contribution in [0.5, 0.6) is 0 Å². The molecule has 5 rings (SSSR count). The average molecular weight is 504 g/mol. The number of benzene rings is 1. The number of likely N-dealkylation sites (tertiary alicyclic amines) is 1. The fraction of sp³-hybridized carbons (Fsp3) is 0.407. The Morgan fingerprint density at radius 2 is 1.92 bits per heavy atom. The number of anilines is 1. The number of rotatable bonds is 7. The summed E-state index contributed by atoms with van der Waals surface area (Å²) in [7, 11) is 1.40. The zero-order valence-electron chi connectivity index (χ0n) is 21.0. The minimum absolute atomic E-state index is 0.130. The predicted octanol–water partition coefficient (Wildman–Crippen LogP) is 2.17. The normalized spacial score (nSPS) is 19.4. The maximum absolute atomic E-state index is 13.2. The topological polar surface area (TPSA) is 127 Å². The second-order valence-corrected chi connectivity index (χ2v) is 9.64. The predicted molar refractivity (Wildman–Crippen MR) is 140 cm³/mol. The van der Waals surface area contributed by atoms with Gasteiger partial charge in [0.25, 0.3) is 5.91 Å². The van der Waals surface area contributed by atoms with E-state index < -0.39 is 6.04 Å². The number of pyridine rings is 1. The van der Waals surface area contributed by atoms with Crippen LogP contribution in [0, 0.1) is 0 Å². The number of aromatic nitrogens is 3. The molecule has 4 heterocycles. The van der Waals surface area contributed by atoms with Crippen LogP contribution in [0.3, 0.4) is 0 Å². The lowest BCUT2D eigenvalue weighted by Gasteiger charge is -2.26. The van der Waals surface area contributed by atoms with Gasteiger partial charge in [0.15, 0.2) is 0 Å². The highest BCUT2D eigenvalue weighted by atomic mass is 16.5. The van der Waals surface area contributed by atoms with Gasteiger partial charge in [0.2, 0.25) is 0 Å². The molecule has 1 unspecified atom stereocenters. The van der Waals surface area contributed by atoms with Gasteiger partial charge < -0.3 is 21.1 Å². The second-order valence-electron chi connectivity index (χ2n) is 9.64. The molecule has 0 saturated carbocycles. The summed E-state index contributed by atoms with van der Waals surface area (Å²) < 4.78 is 7.08. The molecule has 0 aliphatic carbocycles. The highest BCUT2D eigenvalue weighted by Gasteiger charge is 2.35. The molecule has 10 nitrogen and oxygen atoms in total. The number of hydrogen-bond acceptors (Lipinski definition) is 8. The number of piperidine rings is 1. The first-order valence-electron chi connectivity index (χ1n) is 12.7. The van der Waals surface area contributed by atoms with Crippen LogP contribution in [0.15, 0.2) is 55.0 Å². The quantitative estimate of drug-likeness (QED) is 0.419. The van der Waals surface area contributed by atoms with Gasteiger partial charge in [-0.2, -0.15) is 5.10 Å². The highest BCUT2D eigenvalue weighted by molar-refractivity contribution is 5.99. The number of hydrogen-bond donors (Lipinski definition) is 3. The molecule has 4 N–H and O–H groups in total. The minimum Gasteiger partial charge on any atom is -0.468 e. The molecule has 2 aliphatic rings. The molecular weight excluding hydrogens is 470 g/mol. The average Bonchev–Trinajstić information content (AvgIpc) is 3.60. The first-order chi connectivity index (χ1) is 18.0. The Morgan fingerprint density at radius 1 is 1.14 bits per heavy atom. The zero-order chi connectivity index (χ0) is 25.8. The number of nitrogens with two attached hydrogens (primary N) is 1. The Labute approximate surface area is 216 Å². The summed E-state index contributed by atoms with van der Waals surface area (Å²) in [6, 6.07) is 11.0. The van der Waals surface area contributed by atoms with Crippen molar-refractivity contribution in [2.45, 2.75) is 37.4 Å². The summed E-state index contributed by atoms with van der Waals surface area (Å²) in [5.41, 5.74) is 9.00. The lowest BCUT2D eigenvalue weighted by molar-refractivity contribution is -0.146. The fourth-order valence-corrected chi connectivity index (χ4v) is 5.22. The van der Waals surface area contributed by atoms with Crippen LogP contribution in [-0.4, -0.2) is 70.9 Å². The van der Waals surface area contributed by atoms with Crippen molar-refractivity contribution in [1.82, 2.24) is 30.3 Å². The minimum atomic E-state index is -0.514. The van der Waals surface area contributed by atoms with Crippen molar-refractivity contribution in [2.75, 3.05) is 39.0 Å². The molecule has 3 aromatic rings. The van der Waals surface area contributed by atoms with Gasteiger partial charge in [-0.15, -0.1) is 0 Å². The van der Waals surface area contributed by atoms with Crippen molar-refractivity contribution >= 4 is 17.7 Å². The van der Waals surface area contributed by atoms with E-state index in [4.69, 9.17) is 10.5 Å². The first kappa shape index (κ1) is 24.9. The number of nitrogen functional groups attached to an aromatic ring is 1. The molecule has 2 aromatic heterocycles. The molecule has 0 bridgehead atoms. The summed E-state index contributed by atoms with van der Waals surface area (Å²) >= 11 is 0. The largest absolute Gasteiger partial charge is 0.468 e. The molecule has 2 saturated heterocycles. The van der Waals surface area contributed by atoms with E-state index in [1.54, 1.807) is 12.3 Å². The van der Waals surface area contributed by atoms with E-state index in [0.717, 1.165) is 42.6 Å². The van der Waals surface area contributed by atoms with Crippen molar-refractivity contribution in [2.24, 2.45) is 0 Å². The van der Waals surface area contributed by atoms with Crippen LogP contribution in [0.1, 0.15) is 47.3 Å². The van der Waals surface area contributed by atoms with E-state index in [2.05, 4.69) is 20.7 Å². The number of ether oxygens (including phenoxy) is 1. The number of esters is 1. The fourth-order valence-electron chi connectivity index (χ4n) is 5.22. The Hall–Kier alpha value is -3.76. The van der Waals surface area contributed by atoms with Crippen LogP contribution in [0.25, 0.3) is 11.1 Å². The van der Waals surface area contributed by atoms with Gasteiger partial charge in [0.1, 0.15) is 11.9 Å². The number of carbonyl (C=O) groups excluding carboxylic acids is 2. The second kappa shape index (κ2) is 11.1. The number of nitrogens with zero attached hydrogens (tertiary/aromatic N) is 4. The van der Waals surface area contributed by atoms with Gasteiger partial charge in [-0.3, -0.25) is 14.4 Å². The lowest BCUT2D eigenvalue weighted by atomic mass is 10.1. The molecule has 0 radical (unpaired) electrons. The van der Waals surface area contributed by atoms with Gasteiger partial charge in [-0.1, -0.05) is 30.3 Å². The van der Waals surface area contributed by atoms with Crippen LogP contribution < -0.4 is 16.4 Å². The van der Waals surface area contributed by atoms with E-state index in [9.17, 15) is 9.59 Å². The summed E-state index contributed by atoms with van der Waals surface area (Å²) in [6.45, 7) is 3.15. The highest BCUT2D eigenvalue weighted by Crippen LogP contribution is 2.28. The molecule has 1 amide bonds. The van der Waals surface area contributed by atoms with Gasteiger partial charge >= 0.3 is 5.97 Å². The summed E-state index contributed by atoms with van der Waals surface area (Å²) in [6.07, 6.45) is 8.28. The van der Waals surface area contributed by atoms with Gasteiger partial charge in [-0.25, -0.2) is 9.78 Å². The molecule has 2 aliphatic heterocycles. The van der Waals surface area contributed by atoms with Crippen molar-refractivity contribution in [3.05, 3.63) is 66.1 Å². The van der Waals surface area contributed by atoms with E-state index in [0.29, 0.717) is 31.1 Å². The Kier molecular flexibility index (Phi) is 7.47. The monoisotopic (exact) mass is 503 g/mol. The molecule has 0 spiro atoms. The van der Waals surface area contributed by atoms with E-state index in [-0.39, 0.29) is 23.7 Å². The van der Waals surface area contributed by atoms with Crippen LogP contribution in [0.4, 0.5) is 5.82 Å². The van der Waals surface area contributed by atoms with Crippen LogP contribution in [0.2, 0.25) is 0 Å². The Morgan fingerprint density at radius 3 is 2.68 bits per heavy atom. The summed E-state index contributed by atoms with van der Waals surface area (Å²) in [4.78, 5) is 32.1. The molecule has 37 heavy (non-hydrogen) atoms. The zero-order valence-corrected chi connectivity index (χ0v) is 21.0. The molecular formula is C27H33N7O3. The third-order valence-electron chi connectivity index (χ3n) is 7.24. The Bertz CT molecular complexity index is 1240. The van der Waals surface area contributed by atoms with Gasteiger partial charge in [-0.05, 0) is 44.0 Å². The molecule has 194 valence electrons. The third kappa shape index (κ3) is 5.50. The third-order valence-corrected chi connectivity index (χ3v) is 7.24. The van der Waals surface area contributed by atoms with Crippen molar-refractivity contribution in [1.29, 1.82) is 0 Å². The van der Waals surface area contributed by atoms with Crippen molar-refractivity contribution in [3.8, 4) is 11.1 Å². The lowest BCUT2D eigenvalue weighted by Crippen LogP contribution is -2.39. The van der Waals surface area contributed by atoms with Crippen molar-refractivity contribution in [3.63, 3.8) is 0 Å². The maximum atomic E-state index is 13.2. The molecule has 2 atom stereocenters. The molecule has 1 aromatic carbocycles. The van der Waals surface area contributed by atoms with E-state index in [1.807, 2.05) is 52.3 Å². The van der Waals surface area contributed by atoms with Crippen LogP contribution >= 0.6 is 0 Å². The molecule has 2 fully saturated rings. The number of amides is 1. The summed E-state index contributed by atoms with van der Waals surface area (Å²) in [5.74, 6) is -0.415. The smallest absolute Gasteiger partial charge is 0.327 e. The standard InChI is InChI=1S/C27H33N7O3/c1-37-27(36)24(18-5-3-2-4-6-18)33-12-9-21(17-33)32-26(35)23-13-19(14-30-25(23)28)20-15-31-34(16-20)22-7-10-29-11-8-22/h2-6,13-16,21-22,24,29H,7-12,17H2,1H3,(H2,28,30)(H,32,35)/t21-,24?/m1/s1. The SMILES string of the molecule is COC(=O)C(c1ccccc1)N1CC[C@@H](NC(=O)c2cc(-c3cnn(C4CCNCC4)c3)cnc2N)C1. The first-order valence-corrected chi connectivity index (χ1v) is 12.7. The van der Waals surface area contributed by atoms with E-state index in [1.165, 1.54) is 7.11 Å². The Balaban J connectivity index is 1.27. The number of nitrogens with one attached hydrogen (secondary N) is 2.